The predicted molar refractivity (Wildman–Crippen MR) is 65.4 cm³/mol. The maximum absolute atomic E-state index is 4.03. The smallest absolute Gasteiger partial charge is 0.0945 e. The van der Waals surface area contributed by atoms with E-state index in [2.05, 4.69) is 20.2 Å². The Morgan fingerprint density at radius 3 is 3.19 bits per heavy atom. The van der Waals surface area contributed by atoms with Gasteiger partial charge in [0.05, 0.1) is 6.33 Å². The third-order valence-electron chi connectivity index (χ3n) is 3.13. The zero-order valence-corrected chi connectivity index (χ0v) is 9.86. The van der Waals surface area contributed by atoms with Crippen molar-refractivity contribution in [1.82, 2.24) is 20.2 Å². The molecule has 16 heavy (non-hydrogen) atoms. The van der Waals surface area contributed by atoms with Gasteiger partial charge in [0.2, 0.25) is 0 Å². The molecular weight excluding hydrogens is 200 g/mol. The van der Waals surface area contributed by atoms with Crippen LogP contribution in [0.2, 0.25) is 0 Å². The Bertz CT molecular complexity index is 265. The van der Waals surface area contributed by atoms with Gasteiger partial charge in [-0.05, 0) is 38.8 Å². The van der Waals surface area contributed by atoms with Crippen LogP contribution in [0.25, 0.3) is 0 Å². The van der Waals surface area contributed by atoms with Gasteiger partial charge in [0.15, 0.2) is 0 Å². The fraction of sp³-hybridized carbons (Fsp3) is 0.750. The maximum Gasteiger partial charge on any atom is 0.0945 e. The number of unbranched alkanes of at least 4 members (excludes halogenated alkanes) is 1. The molecule has 0 saturated carbocycles. The third kappa shape index (κ3) is 3.94. The normalized spacial score (nSPS) is 20.4. The predicted octanol–water partition coefficient (Wildman–Crippen LogP) is 1.00. The van der Waals surface area contributed by atoms with Gasteiger partial charge in [0.1, 0.15) is 0 Å². The van der Waals surface area contributed by atoms with E-state index < -0.39 is 0 Å². The molecule has 0 spiro atoms. The minimum Gasteiger partial charge on any atom is -0.337 e. The first-order valence-corrected chi connectivity index (χ1v) is 6.35. The molecule has 1 aliphatic heterocycles. The quantitative estimate of drug-likeness (QED) is 0.676. The largest absolute Gasteiger partial charge is 0.337 e. The van der Waals surface area contributed by atoms with E-state index in [-0.39, 0.29) is 0 Å². The lowest BCUT2D eigenvalue weighted by Crippen LogP contribution is -2.34. The van der Waals surface area contributed by atoms with Crippen molar-refractivity contribution >= 4 is 0 Å². The number of nitrogens with one attached hydrogen (secondary N) is 2. The summed E-state index contributed by atoms with van der Waals surface area (Å²) < 4.78 is 2.14. The van der Waals surface area contributed by atoms with Crippen molar-refractivity contribution in [3.05, 3.63) is 18.7 Å². The van der Waals surface area contributed by atoms with Gasteiger partial charge in [-0.2, -0.15) is 0 Å². The summed E-state index contributed by atoms with van der Waals surface area (Å²) in [6.45, 7) is 4.55. The van der Waals surface area contributed by atoms with Gasteiger partial charge < -0.3 is 15.2 Å². The molecule has 0 radical (unpaired) electrons. The Balaban J connectivity index is 1.43. The van der Waals surface area contributed by atoms with Gasteiger partial charge in [0, 0.05) is 31.5 Å². The van der Waals surface area contributed by atoms with E-state index in [1.54, 1.807) is 0 Å². The van der Waals surface area contributed by atoms with Crippen LogP contribution in [0.3, 0.4) is 0 Å². The fourth-order valence-corrected chi connectivity index (χ4v) is 2.17. The second kappa shape index (κ2) is 6.66. The number of hydrogen-bond acceptors (Lipinski definition) is 3. The Morgan fingerprint density at radius 2 is 2.44 bits per heavy atom. The third-order valence-corrected chi connectivity index (χ3v) is 3.13. The Morgan fingerprint density at radius 1 is 1.44 bits per heavy atom. The van der Waals surface area contributed by atoms with E-state index in [1.165, 1.54) is 32.2 Å². The standard InChI is InChI=1S/C12H22N4/c1(2-8-16-9-7-14-11-16)5-13-10-12-4-3-6-15-12/h7,9,11-13,15H,1-6,8,10H2. The lowest BCUT2D eigenvalue weighted by molar-refractivity contribution is 0.511. The van der Waals surface area contributed by atoms with Crippen LogP contribution >= 0.6 is 0 Å². The van der Waals surface area contributed by atoms with E-state index in [0.717, 1.165) is 19.6 Å². The lowest BCUT2D eigenvalue weighted by atomic mass is 10.2. The van der Waals surface area contributed by atoms with Crippen LogP contribution in [-0.2, 0) is 6.54 Å². The summed E-state index contributed by atoms with van der Waals surface area (Å²) in [6.07, 6.45) is 10.9. The average molecular weight is 222 g/mol. The molecule has 4 heteroatoms. The van der Waals surface area contributed by atoms with E-state index in [9.17, 15) is 0 Å². The second-order valence-corrected chi connectivity index (χ2v) is 4.51. The minimum atomic E-state index is 0.716. The Hall–Kier alpha value is -0.870. The van der Waals surface area contributed by atoms with Gasteiger partial charge in [-0.15, -0.1) is 0 Å². The molecule has 1 fully saturated rings. The fourth-order valence-electron chi connectivity index (χ4n) is 2.17. The van der Waals surface area contributed by atoms with Crippen molar-refractivity contribution < 1.29 is 0 Å². The highest BCUT2D eigenvalue weighted by Gasteiger charge is 2.12. The van der Waals surface area contributed by atoms with Gasteiger partial charge in [-0.1, -0.05) is 0 Å². The van der Waals surface area contributed by atoms with Crippen molar-refractivity contribution in [1.29, 1.82) is 0 Å². The molecule has 1 atom stereocenters. The zero-order valence-electron chi connectivity index (χ0n) is 9.86. The molecule has 0 bridgehead atoms. The van der Waals surface area contributed by atoms with E-state index in [1.807, 2.05) is 18.7 Å². The summed E-state index contributed by atoms with van der Waals surface area (Å²) in [5.74, 6) is 0. The SMILES string of the molecule is c1cn(CCCCNCC2CCCN2)cn1. The first kappa shape index (κ1) is 11.6. The molecule has 1 saturated heterocycles. The molecule has 1 unspecified atom stereocenters. The molecule has 90 valence electrons. The average Bonchev–Trinajstić information content (AvgIpc) is 2.96. The summed E-state index contributed by atoms with van der Waals surface area (Å²) in [4.78, 5) is 4.03. The maximum atomic E-state index is 4.03. The first-order valence-electron chi connectivity index (χ1n) is 6.35. The number of hydrogen-bond donors (Lipinski definition) is 2. The van der Waals surface area contributed by atoms with Crippen molar-refractivity contribution in [3.63, 3.8) is 0 Å². The van der Waals surface area contributed by atoms with E-state index in [0.29, 0.717) is 6.04 Å². The van der Waals surface area contributed by atoms with Crippen LogP contribution in [-0.4, -0.2) is 35.2 Å². The lowest BCUT2D eigenvalue weighted by Gasteiger charge is -2.11. The van der Waals surface area contributed by atoms with Crippen molar-refractivity contribution in [3.8, 4) is 0 Å². The zero-order chi connectivity index (χ0) is 11.1. The van der Waals surface area contributed by atoms with Gasteiger partial charge in [-0.3, -0.25) is 0 Å². The molecule has 4 nitrogen and oxygen atoms in total. The van der Waals surface area contributed by atoms with Crippen LogP contribution < -0.4 is 10.6 Å². The minimum absolute atomic E-state index is 0.716. The summed E-state index contributed by atoms with van der Waals surface area (Å²) in [7, 11) is 0. The Kier molecular flexibility index (Phi) is 4.83. The van der Waals surface area contributed by atoms with Crippen molar-refractivity contribution in [2.75, 3.05) is 19.6 Å². The summed E-state index contributed by atoms with van der Waals surface area (Å²) in [5, 5.41) is 7.02. The van der Waals surface area contributed by atoms with Crippen molar-refractivity contribution in [2.45, 2.75) is 38.3 Å². The first-order chi connectivity index (χ1) is 7.95. The monoisotopic (exact) mass is 222 g/mol. The highest BCUT2D eigenvalue weighted by atomic mass is 15.0. The molecule has 0 aliphatic carbocycles. The van der Waals surface area contributed by atoms with Crippen LogP contribution in [0, 0.1) is 0 Å². The highest BCUT2D eigenvalue weighted by Crippen LogP contribution is 2.03. The van der Waals surface area contributed by atoms with Crippen LogP contribution in [0.1, 0.15) is 25.7 Å². The number of aryl methyl sites for hydroxylation is 1. The molecule has 2 N–H and O–H groups in total. The number of nitrogens with zero attached hydrogens (tertiary/aromatic N) is 2. The molecule has 1 aromatic rings. The second-order valence-electron chi connectivity index (χ2n) is 4.51. The van der Waals surface area contributed by atoms with Crippen molar-refractivity contribution in [2.24, 2.45) is 0 Å². The molecule has 2 heterocycles. The molecule has 0 amide bonds. The van der Waals surface area contributed by atoms with Crippen LogP contribution in [0.4, 0.5) is 0 Å². The Labute approximate surface area is 97.4 Å². The number of imidazole rings is 1. The topological polar surface area (TPSA) is 41.9 Å². The van der Waals surface area contributed by atoms with Gasteiger partial charge in [0.25, 0.3) is 0 Å². The summed E-state index contributed by atoms with van der Waals surface area (Å²) in [6, 6.07) is 0.716. The highest BCUT2D eigenvalue weighted by molar-refractivity contribution is 4.76. The van der Waals surface area contributed by atoms with E-state index >= 15 is 0 Å². The number of rotatable bonds is 7. The molecule has 1 aromatic heterocycles. The van der Waals surface area contributed by atoms with Crippen LogP contribution in [0.15, 0.2) is 18.7 Å². The van der Waals surface area contributed by atoms with Crippen LogP contribution in [0.5, 0.6) is 0 Å². The molecule has 0 aromatic carbocycles. The summed E-state index contributed by atoms with van der Waals surface area (Å²) in [5.41, 5.74) is 0. The molecule has 2 rings (SSSR count). The van der Waals surface area contributed by atoms with E-state index in [4.69, 9.17) is 0 Å². The van der Waals surface area contributed by atoms with Gasteiger partial charge in [-0.25, -0.2) is 4.98 Å². The number of aromatic nitrogens is 2. The molecular formula is C12H22N4. The molecule has 1 aliphatic rings. The summed E-state index contributed by atoms with van der Waals surface area (Å²) >= 11 is 0. The van der Waals surface area contributed by atoms with Gasteiger partial charge >= 0.3 is 0 Å².